The molecule has 1 amide bonds. The fourth-order valence-electron chi connectivity index (χ4n) is 3.88. The number of hydrogen-bond donors (Lipinski definition) is 2. The van der Waals surface area contributed by atoms with E-state index in [9.17, 15) is 4.79 Å². The van der Waals surface area contributed by atoms with Crippen molar-refractivity contribution in [2.24, 2.45) is 5.41 Å². The minimum Gasteiger partial charge on any atom is -0.494 e. The van der Waals surface area contributed by atoms with Crippen molar-refractivity contribution in [2.75, 3.05) is 18.5 Å². The molecular formula is C31H38N2O3S. The van der Waals surface area contributed by atoms with E-state index in [-0.39, 0.29) is 11.0 Å². The van der Waals surface area contributed by atoms with E-state index in [1.807, 2.05) is 64.1 Å². The molecular weight excluding hydrogens is 480 g/mol. The highest BCUT2D eigenvalue weighted by atomic mass is 32.1. The van der Waals surface area contributed by atoms with E-state index in [2.05, 4.69) is 47.0 Å². The highest BCUT2D eigenvalue weighted by molar-refractivity contribution is 7.80. The van der Waals surface area contributed by atoms with Gasteiger partial charge in [-0.3, -0.25) is 4.79 Å². The zero-order valence-electron chi connectivity index (χ0n) is 22.3. The Labute approximate surface area is 226 Å². The largest absolute Gasteiger partial charge is 0.494 e. The lowest BCUT2D eigenvalue weighted by atomic mass is 9.87. The van der Waals surface area contributed by atoms with Crippen LogP contribution in [-0.4, -0.2) is 24.2 Å². The van der Waals surface area contributed by atoms with Crippen LogP contribution in [0.25, 0.3) is 0 Å². The van der Waals surface area contributed by atoms with Crippen LogP contribution in [0.1, 0.15) is 49.8 Å². The fourth-order valence-corrected chi connectivity index (χ4v) is 4.09. The second kappa shape index (κ2) is 13.8. The van der Waals surface area contributed by atoms with Crippen LogP contribution >= 0.6 is 12.2 Å². The van der Waals surface area contributed by atoms with E-state index >= 15 is 0 Å². The van der Waals surface area contributed by atoms with Gasteiger partial charge in [0.15, 0.2) is 5.11 Å². The van der Waals surface area contributed by atoms with Crippen molar-refractivity contribution in [2.45, 2.75) is 53.4 Å². The lowest BCUT2D eigenvalue weighted by Gasteiger charge is -2.24. The number of ether oxygens (including phenoxy) is 2. The molecule has 6 heteroatoms. The van der Waals surface area contributed by atoms with E-state index in [0.29, 0.717) is 19.6 Å². The Morgan fingerprint density at radius 2 is 1.65 bits per heavy atom. The lowest BCUT2D eigenvalue weighted by Crippen LogP contribution is -2.42. The summed E-state index contributed by atoms with van der Waals surface area (Å²) in [6, 6.07) is 24.2. The van der Waals surface area contributed by atoms with Gasteiger partial charge < -0.3 is 20.1 Å². The Kier molecular flexibility index (Phi) is 10.5. The van der Waals surface area contributed by atoms with E-state index in [1.165, 1.54) is 11.1 Å². The predicted molar refractivity (Wildman–Crippen MR) is 155 cm³/mol. The molecule has 3 rings (SSSR count). The van der Waals surface area contributed by atoms with Crippen LogP contribution in [0.5, 0.6) is 11.5 Å². The van der Waals surface area contributed by atoms with Gasteiger partial charge in [-0.25, -0.2) is 0 Å². The van der Waals surface area contributed by atoms with Crippen molar-refractivity contribution >= 4 is 28.9 Å². The molecule has 3 aromatic rings. The molecule has 0 radical (unpaired) electrons. The summed E-state index contributed by atoms with van der Waals surface area (Å²) in [6.07, 6.45) is 3.35. The van der Waals surface area contributed by atoms with Crippen molar-refractivity contribution in [3.63, 3.8) is 0 Å². The fraction of sp³-hybridized carbons (Fsp3) is 0.355. The Bertz CT molecular complexity index is 1180. The summed E-state index contributed by atoms with van der Waals surface area (Å²) in [7, 11) is 0. The molecule has 0 unspecified atom stereocenters. The van der Waals surface area contributed by atoms with Crippen LogP contribution in [0.3, 0.4) is 0 Å². The normalized spacial score (nSPS) is 11.0. The van der Waals surface area contributed by atoms with Crippen molar-refractivity contribution in [3.8, 4) is 11.5 Å². The first-order valence-corrected chi connectivity index (χ1v) is 13.2. The average Bonchev–Trinajstić information content (AvgIpc) is 2.87. The number of hydrogen-bond acceptors (Lipinski definition) is 4. The second-order valence-corrected chi connectivity index (χ2v) is 10.4. The van der Waals surface area contributed by atoms with Gasteiger partial charge in [-0.1, -0.05) is 62.4 Å². The van der Waals surface area contributed by atoms with Gasteiger partial charge in [0.05, 0.1) is 13.2 Å². The monoisotopic (exact) mass is 518 g/mol. The zero-order valence-corrected chi connectivity index (χ0v) is 23.1. The van der Waals surface area contributed by atoms with Crippen LogP contribution in [0.15, 0.2) is 72.8 Å². The third kappa shape index (κ3) is 9.54. The topological polar surface area (TPSA) is 59.6 Å². The first kappa shape index (κ1) is 28.2. The minimum atomic E-state index is -0.583. The van der Waals surface area contributed by atoms with E-state index < -0.39 is 5.41 Å². The molecule has 37 heavy (non-hydrogen) atoms. The van der Waals surface area contributed by atoms with E-state index in [1.54, 1.807) is 0 Å². The van der Waals surface area contributed by atoms with Crippen molar-refractivity contribution in [1.29, 1.82) is 0 Å². The molecule has 0 saturated carbocycles. The molecule has 0 fully saturated rings. The van der Waals surface area contributed by atoms with Gasteiger partial charge in [0, 0.05) is 17.2 Å². The van der Waals surface area contributed by atoms with Crippen molar-refractivity contribution in [3.05, 3.63) is 89.5 Å². The summed E-state index contributed by atoms with van der Waals surface area (Å²) < 4.78 is 11.8. The number of carbonyl (C=O) groups is 1. The molecule has 0 saturated heterocycles. The van der Waals surface area contributed by atoms with Crippen LogP contribution in [0.2, 0.25) is 0 Å². The zero-order chi connectivity index (χ0) is 26.7. The van der Waals surface area contributed by atoms with Crippen LogP contribution in [0, 0.1) is 19.3 Å². The number of carbonyl (C=O) groups excluding carboxylic acids is 1. The summed E-state index contributed by atoms with van der Waals surface area (Å²) >= 11 is 5.40. The quantitative estimate of drug-likeness (QED) is 0.199. The summed E-state index contributed by atoms with van der Waals surface area (Å²) in [5.74, 6) is 1.54. The van der Waals surface area contributed by atoms with Gasteiger partial charge >= 0.3 is 0 Å². The Balaban J connectivity index is 1.40. The van der Waals surface area contributed by atoms with Gasteiger partial charge in [0.2, 0.25) is 5.91 Å². The maximum absolute atomic E-state index is 12.9. The number of rotatable bonds is 12. The van der Waals surface area contributed by atoms with Gasteiger partial charge in [-0.05, 0) is 86.6 Å². The molecule has 0 bridgehead atoms. The summed E-state index contributed by atoms with van der Waals surface area (Å²) in [5, 5.41) is 6.20. The van der Waals surface area contributed by atoms with E-state index in [4.69, 9.17) is 21.7 Å². The molecule has 3 aromatic carbocycles. The maximum Gasteiger partial charge on any atom is 0.231 e. The Hall–Kier alpha value is -3.38. The van der Waals surface area contributed by atoms with Crippen LogP contribution in [0.4, 0.5) is 5.69 Å². The molecule has 5 nitrogen and oxygen atoms in total. The summed E-state index contributed by atoms with van der Waals surface area (Å²) in [6.45, 7) is 9.11. The maximum atomic E-state index is 12.9. The van der Waals surface area contributed by atoms with Gasteiger partial charge in [0.25, 0.3) is 0 Å². The first-order chi connectivity index (χ1) is 17.7. The smallest absolute Gasteiger partial charge is 0.231 e. The Morgan fingerprint density at radius 3 is 2.43 bits per heavy atom. The molecule has 0 heterocycles. The Morgan fingerprint density at radius 1 is 0.892 bits per heavy atom. The summed E-state index contributed by atoms with van der Waals surface area (Å²) in [4.78, 5) is 12.9. The van der Waals surface area contributed by atoms with E-state index in [0.717, 1.165) is 42.0 Å². The molecule has 196 valence electrons. The lowest BCUT2D eigenvalue weighted by molar-refractivity contribution is -0.128. The predicted octanol–water partition coefficient (Wildman–Crippen LogP) is 7.01. The average molecular weight is 519 g/mol. The second-order valence-electron chi connectivity index (χ2n) is 9.98. The van der Waals surface area contributed by atoms with Crippen LogP contribution < -0.4 is 20.1 Å². The number of nitrogens with one attached hydrogen (secondary N) is 2. The molecule has 0 aliphatic heterocycles. The highest BCUT2D eigenvalue weighted by Gasteiger charge is 2.28. The van der Waals surface area contributed by atoms with Crippen molar-refractivity contribution in [1.82, 2.24) is 5.32 Å². The van der Waals surface area contributed by atoms with Gasteiger partial charge in [0.1, 0.15) is 11.5 Å². The van der Waals surface area contributed by atoms with Gasteiger partial charge in [-0.2, -0.15) is 0 Å². The number of anilines is 1. The highest BCUT2D eigenvalue weighted by Crippen LogP contribution is 2.24. The van der Waals surface area contributed by atoms with Crippen LogP contribution in [-0.2, 0) is 11.2 Å². The third-order valence-electron chi connectivity index (χ3n) is 6.20. The standard InChI is InChI=1S/C31H38N2O3S/c1-23-16-17-24(2)28(21-23)36-20-10-18-31(3,4)29(34)33-30(37)32-26-14-8-15-27(22-26)35-19-9-13-25-11-6-5-7-12-25/h5-8,11-12,14-17,21-22H,9-10,13,18-20H2,1-4H3,(H2,32,33,34,37). The molecule has 0 aromatic heterocycles. The first-order valence-electron chi connectivity index (χ1n) is 12.8. The molecule has 0 spiro atoms. The molecule has 0 aliphatic rings. The molecule has 0 aliphatic carbocycles. The number of aryl methyl sites for hydroxylation is 3. The number of thiocarbonyl (C=S) groups is 1. The number of benzene rings is 3. The molecule has 2 N–H and O–H groups in total. The third-order valence-corrected chi connectivity index (χ3v) is 6.41. The van der Waals surface area contributed by atoms with Crippen molar-refractivity contribution < 1.29 is 14.3 Å². The summed E-state index contributed by atoms with van der Waals surface area (Å²) in [5.41, 5.74) is 3.77. The SMILES string of the molecule is Cc1ccc(C)c(OCCCC(C)(C)C(=O)NC(=S)Nc2cccc(OCCCc3ccccc3)c2)c1. The van der Waals surface area contributed by atoms with Gasteiger partial charge in [-0.15, -0.1) is 0 Å². The number of amides is 1. The molecule has 0 atom stereocenters. The minimum absolute atomic E-state index is 0.120.